The lowest BCUT2D eigenvalue weighted by Crippen LogP contribution is -1.89. The summed E-state index contributed by atoms with van der Waals surface area (Å²) in [4.78, 5) is 4.21. The maximum Gasteiger partial charge on any atom is 0.165 e. The Kier molecular flexibility index (Phi) is 1.59. The Balaban J connectivity index is 2.31. The molecule has 0 spiro atoms. The van der Waals surface area contributed by atoms with Gasteiger partial charge in [0.05, 0.1) is 19.5 Å². The summed E-state index contributed by atoms with van der Waals surface area (Å²) in [6.45, 7) is -5.59. The summed E-state index contributed by atoms with van der Waals surface area (Å²) < 4.78 is 42.4. The number of fused-ring (bicyclic) bond motifs is 1. The monoisotopic (exact) mass is 231 g/mol. The third kappa shape index (κ3) is 1.84. The maximum absolute atomic E-state index is 7.41. The lowest BCUT2D eigenvalue weighted by molar-refractivity contribution is 0.341. The Labute approximate surface area is 97.4 Å². The number of benzene rings is 1. The Morgan fingerprint density at radius 1 is 1.79 bits per heavy atom. The SMILES string of the molecule is [2H]C([2H])([2H])C([2H])([2H])Oc1ccc2nc(SN)sc2c1. The summed E-state index contributed by atoms with van der Waals surface area (Å²) in [5, 5.41) is 5.41. The molecule has 2 aromatic rings. The average molecular weight is 231 g/mol. The van der Waals surface area contributed by atoms with Crippen LogP contribution in [0.15, 0.2) is 22.5 Å². The van der Waals surface area contributed by atoms with E-state index in [1.807, 2.05) is 0 Å². The van der Waals surface area contributed by atoms with E-state index < -0.39 is 13.4 Å². The molecule has 1 aromatic carbocycles. The number of ether oxygens (including phenoxy) is 1. The standard InChI is InChI=1S/C9H10N2OS2/c1-2-12-6-3-4-7-8(5-6)13-9(11-7)14-10/h3-5H,2,10H2,1H3/i1D3,2D2. The third-order valence-corrected chi connectivity index (χ3v) is 3.25. The summed E-state index contributed by atoms with van der Waals surface area (Å²) in [7, 11) is 0. The molecule has 0 saturated carbocycles. The first-order valence-corrected chi connectivity index (χ1v) is 5.39. The van der Waals surface area contributed by atoms with Crippen LogP contribution in [0.4, 0.5) is 0 Å². The van der Waals surface area contributed by atoms with Crippen molar-refractivity contribution in [1.82, 2.24) is 4.98 Å². The predicted octanol–water partition coefficient (Wildman–Crippen LogP) is 2.66. The summed E-state index contributed by atoms with van der Waals surface area (Å²) in [6.07, 6.45) is 0. The largest absolute Gasteiger partial charge is 0.494 e. The Hall–Kier alpha value is -0.780. The minimum Gasteiger partial charge on any atom is -0.494 e. The lowest BCUT2D eigenvalue weighted by Gasteiger charge is -2.00. The summed E-state index contributed by atoms with van der Waals surface area (Å²) in [5.41, 5.74) is 0.708. The van der Waals surface area contributed by atoms with Gasteiger partial charge in [-0.1, -0.05) is 0 Å². The van der Waals surface area contributed by atoms with E-state index >= 15 is 0 Å². The van der Waals surface area contributed by atoms with Crippen LogP contribution in [0, 0.1) is 0 Å². The molecule has 0 saturated heterocycles. The molecule has 0 unspecified atom stereocenters. The second-order valence-electron chi connectivity index (χ2n) is 2.43. The van der Waals surface area contributed by atoms with Crippen LogP contribution in [-0.4, -0.2) is 11.5 Å². The van der Waals surface area contributed by atoms with Crippen molar-refractivity contribution in [2.45, 2.75) is 11.2 Å². The van der Waals surface area contributed by atoms with Crippen molar-refractivity contribution in [3.63, 3.8) is 0 Å². The smallest absolute Gasteiger partial charge is 0.165 e. The Morgan fingerprint density at radius 2 is 2.71 bits per heavy atom. The third-order valence-electron chi connectivity index (χ3n) is 1.61. The Bertz CT molecular complexity index is 598. The minimum atomic E-state index is -2.85. The van der Waals surface area contributed by atoms with Gasteiger partial charge in [0.2, 0.25) is 0 Å². The van der Waals surface area contributed by atoms with E-state index in [1.165, 1.54) is 17.4 Å². The first kappa shape index (κ1) is 5.34. The van der Waals surface area contributed by atoms with Crippen LogP contribution in [0.5, 0.6) is 5.75 Å². The van der Waals surface area contributed by atoms with Crippen molar-refractivity contribution in [3.05, 3.63) is 18.2 Å². The van der Waals surface area contributed by atoms with Gasteiger partial charge in [0.1, 0.15) is 5.75 Å². The highest BCUT2D eigenvalue weighted by Crippen LogP contribution is 2.29. The van der Waals surface area contributed by atoms with E-state index in [4.69, 9.17) is 16.7 Å². The minimum absolute atomic E-state index is 0.144. The molecule has 0 aliphatic carbocycles. The molecule has 74 valence electrons. The first-order chi connectivity index (χ1) is 8.73. The first-order valence-electron chi connectivity index (χ1n) is 6.19. The average Bonchev–Trinajstić information content (AvgIpc) is 2.69. The normalized spacial score (nSPS) is 17.9. The molecule has 2 N–H and O–H groups in total. The van der Waals surface area contributed by atoms with Crippen molar-refractivity contribution in [3.8, 4) is 5.75 Å². The fraction of sp³-hybridized carbons (Fsp3) is 0.222. The van der Waals surface area contributed by atoms with Crippen LogP contribution in [0.1, 0.15) is 13.7 Å². The number of thiazole rings is 1. The van der Waals surface area contributed by atoms with Crippen molar-refractivity contribution < 1.29 is 11.6 Å². The van der Waals surface area contributed by atoms with Gasteiger partial charge in [0.25, 0.3) is 0 Å². The zero-order valence-corrected chi connectivity index (χ0v) is 8.61. The van der Waals surface area contributed by atoms with Gasteiger partial charge in [-0.15, -0.1) is 11.3 Å². The maximum atomic E-state index is 7.41. The molecule has 1 aromatic heterocycles. The van der Waals surface area contributed by atoms with E-state index in [0.29, 0.717) is 9.86 Å². The second-order valence-corrected chi connectivity index (χ2v) is 4.34. The molecule has 14 heavy (non-hydrogen) atoms. The molecule has 0 bridgehead atoms. The van der Waals surface area contributed by atoms with Crippen molar-refractivity contribution in [2.75, 3.05) is 6.56 Å². The number of hydrogen-bond donors (Lipinski definition) is 1. The van der Waals surface area contributed by atoms with Crippen molar-refractivity contribution in [2.24, 2.45) is 5.14 Å². The zero-order chi connectivity index (χ0) is 14.3. The Morgan fingerprint density at radius 3 is 3.50 bits per heavy atom. The molecule has 0 atom stereocenters. The van der Waals surface area contributed by atoms with E-state index in [1.54, 1.807) is 12.1 Å². The molecule has 3 nitrogen and oxygen atoms in total. The summed E-state index contributed by atoms with van der Waals surface area (Å²) in [5.74, 6) is 0.144. The highest BCUT2D eigenvalue weighted by atomic mass is 32.2. The highest BCUT2D eigenvalue weighted by Gasteiger charge is 2.03. The topological polar surface area (TPSA) is 48.1 Å². The number of aromatic nitrogens is 1. The summed E-state index contributed by atoms with van der Waals surface area (Å²) in [6, 6.07) is 4.67. The number of nitrogens with zero attached hydrogens (tertiary/aromatic N) is 1. The molecule has 0 fully saturated rings. The number of rotatable bonds is 3. The van der Waals surface area contributed by atoms with Crippen LogP contribution in [0.25, 0.3) is 10.2 Å². The van der Waals surface area contributed by atoms with Gasteiger partial charge in [-0.2, -0.15) is 0 Å². The van der Waals surface area contributed by atoms with Gasteiger partial charge in [-0.25, -0.2) is 4.98 Å². The fourth-order valence-electron chi connectivity index (χ4n) is 1.06. The van der Waals surface area contributed by atoms with E-state index in [9.17, 15) is 0 Å². The van der Waals surface area contributed by atoms with Gasteiger partial charge < -0.3 is 4.74 Å². The van der Waals surface area contributed by atoms with E-state index in [-0.39, 0.29) is 5.75 Å². The zero-order valence-electron chi connectivity index (χ0n) is 12.0. The van der Waals surface area contributed by atoms with Gasteiger partial charge in [-0.3, -0.25) is 5.14 Å². The van der Waals surface area contributed by atoms with Crippen LogP contribution >= 0.6 is 23.3 Å². The van der Waals surface area contributed by atoms with Crippen molar-refractivity contribution >= 4 is 33.5 Å². The van der Waals surface area contributed by atoms with Gasteiger partial charge in [0.15, 0.2) is 4.34 Å². The van der Waals surface area contributed by atoms with Crippen molar-refractivity contribution in [1.29, 1.82) is 0 Å². The van der Waals surface area contributed by atoms with Crippen LogP contribution < -0.4 is 9.88 Å². The van der Waals surface area contributed by atoms with Gasteiger partial charge >= 0.3 is 0 Å². The molecular formula is C9H10N2OS2. The second kappa shape index (κ2) is 4.16. The highest BCUT2D eigenvalue weighted by molar-refractivity contribution is 7.99. The van der Waals surface area contributed by atoms with Crippen LogP contribution in [-0.2, 0) is 0 Å². The lowest BCUT2D eigenvalue weighted by atomic mass is 10.3. The molecule has 5 heteroatoms. The molecule has 0 amide bonds. The molecule has 0 aliphatic heterocycles. The molecule has 0 radical (unpaired) electrons. The molecule has 0 aliphatic rings. The van der Waals surface area contributed by atoms with Crippen LogP contribution in [0.3, 0.4) is 0 Å². The molecule has 1 heterocycles. The quantitative estimate of drug-likeness (QED) is 0.825. The molecule has 2 rings (SSSR count). The number of hydrogen-bond acceptors (Lipinski definition) is 5. The molecular weight excluding hydrogens is 216 g/mol. The predicted molar refractivity (Wildman–Crippen MR) is 60.8 cm³/mol. The fourth-order valence-corrected chi connectivity index (χ4v) is 2.39. The van der Waals surface area contributed by atoms with Gasteiger partial charge in [-0.05, 0) is 37.0 Å². The van der Waals surface area contributed by atoms with E-state index in [0.717, 1.165) is 16.6 Å². The van der Waals surface area contributed by atoms with Gasteiger partial charge in [0, 0.05) is 4.11 Å². The van der Waals surface area contributed by atoms with Crippen LogP contribution in [0.2, 0.25) is 0 Å². The summed E-state index contributed by atoms with van der Waals surface area (Å²) >= 11 is 2.35. The number of nitrogens with two attached hydrogens (primary N) is 1. The van der Waals surface area contributed by atoms with E-state index in [2.05, 4.69) is 4.98 Å².